The smallest absolute Gasteiger partial charge is 0.315 e. The van der Waals surface area contributed by atoms with E-state index in [1.165, 1.54) is 12.8 Å². The van der Waals surface area contributed by atoms with Crippen LogP contribution in [0.1, 0.15) is 44.1 Å². The second-order valence-corrected chi connectivity index (χ2v) is 7.15. The number of nitrogens with zero attached hydrogens (tertiary/aromatic N) is 1. The van der Waals surface area contributed by atoms with Gasteiger partial charge in [-0.25, -0.2) is 4.79 Å². The molecule has 1 saturated heterocycles. The summed E-state index contributed by atoms with van der Waals surface area (Å²) in [6, 6.07) is 11.6. The number of carbonyl (C=O) groups excluding carboxylic acids is 1. The second kappa shape index (κ2) is 9.46. The molecule has 0 spiro atoms. The molecule has 1 aliphatic rings. The number of hydrogen-bond acceptors (Lipinski definition) is 4. The third-order valence-electron chi connectivity index (χ3n) is 4.66. The first kappa shape index (κ1) is 19.3. The number of rotatable bonds is 8. The fourth-order valence-electron chi connectivity index (χ4n) is 3.34. The summed E-state index contributed by atoms with van der Waals surface area (Å²) in [6.07, 6.45) is 4.22. The van der Waals surface area contributed by atoms with Crippen molar-refractivity contribution in [1.82, 2.24) is 15.5 Å². The molecule has 2 aromatic rings. The van der Waals surface area contributed by atoms with Gasteiger partial charge in [0.2, 0.25) is 0 Å². The fraction of sp³-hybridized carbons (Fsp3) is 0.476. The minimum absolute atomic E-state index is 0.0840. The monoisotopic (exact) mass is 371 g/mol. The number of hydrogen-bond donors (Lipinski definition) is 2. The summed E-state index contributed by atoms with van der Waals surface area (Å²) < 4.78 is 11.2. The van der Waals surface area contributed by atoms with Crippen LogP contribution in [0.25, 0.3) is 0 Å². The Morgan fingerprint density at radius 3 is 2.52 bits per heavy atom. The molecule has 2 N–H and O–H groups in total. The molecule has 2 heterocycles. The van der Waals surface area contributed by atoms with Gasteiger partial charge in [0.25, 0.3) is 0 Å². The fourth-order valence-corrected chi connectivity index (χ4v) is 3.34. The van der Waals surface area contributed by atoms with Crippen molar-refractivity contribution < 1.29 is 13.9 Å². The summed E-state index contributed by atoms with van der Waals surface area (Å²) in [5.74, 6) is 1.74. The Hall–Kier alpha value is -2.47. The number of furan rings is 1. The van der Waals surface area contributed by atoms with Gasteiger partial charge in [-0.15, -0.1) is 0 Å². The van der Waals surface area contributed by atoms with Crippen molar-refractivity contribution in [2.75, 3.05) is 19.6 Å². The molecule has 0 aliphatic carbocycles. The average molecular weight is 371 g/mol. The van der Waals surface area contributed by atoms with Crippen LogP contribution in [0.5, 0.6) is 5.75 Å². The molecule has 6 nitrogen and oxygen atoms in total. The highest BCUT2D eigenvalue weighted by molar-refractivity contribution is 5.73. The summed E-state index contributed by atoms with van der Waals surface area (Å²) >= 11 is 0. The molecule has 27 heavy (non-hydrogen) atoms. The van der Waals surface area contributed by atoms with E-state index in [0.717, 1.165) is 30.2 Å². The molecule has 1 aromatic carbocycles. The van der Waals surface area contributed by atoms with E-state index in [-0.39, 0.29) is 18.2 Å². The molecule has 0 bridgehead atoms. The van der Waals surface area contributed by atoms with E-state index in [1.54, 1.807) is 6.26 Å². The Labute approximate surface area is 160 Å². The highest BCUT2D eigenvalue weighted by atomic mass is 16.5. The quantitative estimate of drug-likeness (QED) is 0.742. The van der Waals surface area contributed by atoms with Crippen LogP contribution in [0.2, 0.25) is 0 Å². The van der Waals surface area contributed by atoms with Gasteiger partial charge in [-0.05, 0) is 69.6 Å². The normalized spacial score (nSPS) is 15.7. The molecule has 1 aromatic heterocycles. The molecule has 1 aliphatic heterocycles. The number of benzene rings is 1. The predicted molar refractivity (Wildman–Crippen MR) is 105 cm³/mol. The van der Waals surface area contributed by atoms with Crippen LogP contribution in [0.3, 0.4) is 0 Å². The highest BCUT2D eigenvalue weighted by Gasteiger charge is 2.25. The van der Waals surface area contributed by atoms with Crippen LogP contribution in [0.4, 0.5) is 4.79 Å². The first-order valence-electron chi connectivity index (χ1n) is 9.66. The van der Waals surface area contributed by atoms with Crippen LogP contribution in [-0.4, -0.2) is 36.7 Å². The lowest BCUT2D eigenvalue weighted by Crippen LogP contribution is -2.41. The van der Waals surface area contributed by atoms with Gasteiger partial charge >= 0.3 is 6.03 Å². The van der Waals surface area contributed by atoms with Crippen molar-refractivity contribution in [3.05, 3.63) is 54.0 Å². The van der Waals surface area contributed by atoms with Crippen molar-refractivity contribution in [3.63, 3.8) is 0 Å². The van der Waals surface area contributed by atoms with E-state index >= 15 is 0 Å². The number of carbonyl (C=O) groups is 1. The van der Waals surface area contributed by atoms with Crippen molar-refractivity contribution in [1.29, 1.82) is 0 Å². The van der Waals surface area contributed by atoms with Gasteiger partial charge < -0.3 is 19.8 Å². The third kappa shape index (κ3) is 5.76. The zero-order valence-corrected chi connectivity index (χ0v) is 16.1. The van der Waals surface area contributed by atoms with Crippen LogP contribution in [-0.2, 0) is 6.54 Å². The molecule has 1 atom stereocenters. The van der Waals surface area contributed by atoms with Crippen molar-refractivity contribution in [2.24, 2.45) is 0 Å². The Morgan fingerprint density at radius 2 is 1.89 bits per heavy atom. The van der Waals surface area contributed by atoms with Gasteiger partial charge in [0, 0.05) is 13.1 Å². The molecular formula is C21H29N3O3. The van der Waals surface area contributed by atoms with E-state index in [1.807, 2.05) is 50.2 Å². The third-order valence-corrected chi connectivity index (χ3v) is 4.66. The Kier molecular flexibility index (Phi) is 6.76. The first-order chi connectivity index (χ1) is 13.1. The largest absolute Gasteiger partial charge is 0.491 e. The Morgan fingerprint density at radius 1 is 1.15 bits per heavy atom. The Balaban J connectivity index is 1.46. The topological polar surface area (TPSA) is 66.7 Å². The molecule has 6 heteroatoms. The minimum atomic E-state index is -0.173. The van der Waals surface area contributed by atoms with Gasteiger partial charge in [0.1, 0.15) is 11.5 Å². The lowest BCUT2D eigenvalue weighted by molar-refractivity contribution is 0.203. The van der Waals surface area contributed by atoms with Crippen molar-refractivity contribution in [3.8, 4) is 5.75 Å². The number of amides is 2. The molecule has 0 radical (unpaired) electrons. The van der Waals surface area contributed by atoms with Gasteiger partial charge in [-0.1, -0.05) is 12.1 Å². The maximum atomic E-state index is 12.2. The van der Waals surface area contributed by atoms with E-state index in [0.29, 0.717) is 13.1 Å². The standard InChI is InChI=1S/C21H29N3O3/c1-16(2)27-18-9-7-17(8-10-18)14-22-21(25)23-15-19(20-6-5-13-26-20)24-11-3-4-12-24/h5-10,13,16,19H,3-4,11-12,14-15H2,1-2H3,(H2,22,23,25). The second-order valence-electron chi connectivity index (χ2n) is 7.15. The van der Waals surface area contributed by atoms with Gasteiger partial charge in [0.05, 0.1) is 18.4 Å². The lowest BCUT2D eigenvalue weighted by Gasteiger charge is -2.26. The van der Waals surface area contributed by atoms with Crippen LogP contribution in [0.15, 0.2) is 47.1 Å². The summed E-state index contributed by atoms with van der Waals surface area (Å²) in [5, 5.41) is 5.89. The summed E-state index contributed by atoms with van der Waals surface area (Å²) in [7, 11) is 0. The average Bonchev–Trinajstić information content (AvgIpc) is 3.35. The summed E-state index contributed by atoms with van der Waals surface area (Å²) in [5.41, 5.74) is 1.03. The van der Waals surface area contributed by atoms with E-state index in [4.69, 9.17) is 9.15 Å². The maximum Gasteiger partial charge on any atom is 0.315 e. The van der Waals surface area contributed by atoms with E-state index < -0.39 is 0 Å². The predicted octanol–water partition coefficient (Wildman–Crippen LogP) is 3.70. The maximum absolute atomic E-state index is 12.2. The zero-order chi connectivity index (χ0) is 19.1. The number of urea groups is 1. The zero-order valence-electron chi connectivity index (χ0n) is 16.1. The molecule has 1 unspecified atom stereocenters. The Bertz CT molecular complexity index is 692. The molecule has 0 saturated carbocycles. The van der Waals surface area contributed by atoms with Crippen molar-refractivity contribution in [2.45, 2.75) is 45.4 Å². The molecule has 146 valence electrons. The van der Waals surface area contributed by atoms with Gasteiger partial charge in [0.15, 0.2) is 0 Å². The molecular weight excluding hydrogens is 342 g/mol. The van der Waals surface area contributed by atoms with Crippen LogP contribution in [0, 0.1) is 0 Å². The van der Waals surface area contributed by atoms with Crippen LogP contribution < -0.4 is 15.4 Å². The summed E-state index contributed by atoms with van der Waals surface area (Å²) in [6.45, 7) is 7.08. The van der Waals surface area contributed by atoms with Crippen LogP contribution >= 0.6 is 0 Å². The van der Waals surface area contributed by atoms with E-state index in [2.05, 4.69) is 15.5 Å². The van der Waals surface area contributed by atoms with Crippen molar-refractivity contribution >= 4 is 6.03 Å². The van der Waals surface area contributed by atoms with Gasteiger partial charge in [-0.3, -0.25) is 4.90 Å². The number of ether oxygens (including phenoxy) is 1. The lowest BCUT2D eigenvalue weighted by atomic mass is 10.2. The SMILES string of the molecule is CC(C)Oc1ccc(CNC(=O)NCC(c2ccco2)N2CCCC2)cc1. The number of likely N-dealkylation sites (tertiary alicyclic amines) is 1. The summed E-state index contributed by atoms with van der Waals surface area (Å²) in [4.78, 5) is 14.6. The minimum Gasteiger partial charge on any atom is -0.491 e. The first-order valence-corrected chi connectivity index (χ1v) is 9.66. The highest BCUT2D eigenvalue weighted by Crippen LogP contribution is 2.24. The van der Waals surface area contributed by atoms with Gasteiger partial charge in [-0.2, -0.15) is 0 Å². The molecule has 3 rings (SSSR count). The molecule has 1 fully saturated rings. The number of nitrogens with one attached hydrogen (secondary N) is 2. The van der Waals surface area contributed by atoms with E-state index in [9.17, 15) is 4.79 Å². The molecule has 2 amide bonds.